The largest absolute Gasteiger partial charge is 0.408 e. The van der Waals surface area contributed by atoms with E-state index in [9.17, 15) is 9.90 Å². The monoisotopic (exact) mass is 296 g/mol. The number of anilines is 1. The standard InChI is InChI=1S/C14H24N4O3/c1-10(2)12-16-17-13(21-12)15-11(19)9-18-7-4-5-14(3,20)6-8-18/h10,20H,4-9H2,1-3H3,(H,15,17,19). The van der Waals surface area contributed by atoms with Crippen LogP contribution in [0.25, 0.3) is 0 Å². The molecule has 2 heterocycles. The molecule has 1 aromatic rings. The predicted molar refractivity (Wildman–Crippen MR) is 77.9 cm³/mol. The average Bonchev–Trinajstić information content (AvgIpc) is 2.77. The molecule has 1 amide bonds. The lowest BCUT2D eigenvalue weighted by atomic mass is 9.98. The van der Waals surface area contributed by atoms with Crippen LogP contribution in [0.4, 0.5) is 6.01 Å². The zero-order chi connectivity index (χ0) is 15.5. The number of nitrogens with zero attached hydrogens (tertiary/aromatic N) is 3. The second kappa shape index (κ2) is 6.53. The maximum absolute atomic E-state index is 12.0. The Morgan fingerprint density at radius 2 is 2.19 bits per heavy atom. The number of aromatic nitrogens is 2. The van der Waals surface area contributed by atoms with Crippen molar-refractivity contribution in [3.63, 3.8) is 0 Å². The van der Waals surface area contributed by atoms with Crippen molar-refractivity contribution < 1.29 is 14.3 Å². The van der Waals surface area contributed by atoms with E-state index in [1.165, 1.54) is 0 Å². The molecular formula is C14H24N4O3. The van der Waals surface area contributed by atoms with Gasteiger partial charge >= 0.3 is 6.01 Å². The molecule has 1 atom stereocenters. The SMILES string of the molecule is CC(C)c1nnc(NC(=O)CN2CCCC(C)(O)CC2)o1. The Bertz CT molecular complexity index is 484. The van der Waals surface area contributed by atoms with Gasteiger partial charge in [0.15, 0.2) is 0 Å². The molecule has 21 heavy (non-hydrogen) atoms. The lowest BCUT2D eigenvalue weighted by Crippen LogP contribution is -2.35. The van der Waals surface area contributed by atoms with E-state index < -0.39 is 5.60 Å². The van der Waals surface area contributed by atoms with E-state index in [0.717, 1.165) is 19.4 Å². The Labute approximate surface area is 124 Å². The van der Waals surface area contributed by atoms with E-state index >= 15 is 0 Å². The number of aliphatic hydroxyl groups is 1. The summed E-state index contributed by atoms with van der Waals surface area (Å²) in [4.78, 5) is 14.0. The predicted octanol–water partition coefficient (Wildman–Crippen LogP) is 1.37. The Balaban J connectivity index is 1.83. The topological polar surface area (TPSA) is 91.5 Å². The number of carbonyl (C=O) groups is 1. The first kappa shape index (κ1) is 15.9. The van der Waals surface area contributed by atoms with Gasteiger partial charge in [-0.3, -0.25) is 15.0 Å². The highest BCUT2D eigenvalue weighted by Gasteiger charge is 2.26. The number of carbonyl (C=O) groups excluding carboxylic acids is 1. The summed E-state index contributed by atoms with van der Waals surface area (Å²) in [5.41, 5.74) is -0.621. The summed E-state index contributed by atoms with van der Waals surface area (Å²) in [5, 5.41) is 20.3. The van der Waals surface area contributed by atoms with Crippen LogP contribution in [0.1, 0.15) is 51.8 Å². The van der Waals surface area contributed by atoms with Crippen molar-refractivity contribution in [1.82, 2.24) is 15.1 Å². The van der Waals surface area contributed by atoms with Gasteiger partial charge in [0.05, 0.1) is 12.1 Å². The summed E-state index contributed by atoms with van der Waals surface area (Å²) in [7, 11) is 0. The molecule has 1 aliphatic heterocycles. The molecule has 1 saturated heterocycles. The minimum atomic E-state index is -0.621. The van der Waals surface area contributed by atoms with Crippen molar-refractivity contribution in [1.29, 1.82) is 0 Å². The molecule has 1 aromatic heterocycles. The Hall–Kier alpha value is -1.47. The van der Waals surface area contributed by atoms with Gasteiger partial charge in [-0.1, -0.05) is 18.9 Å². The molecule has 7 heteroatoms. The molecule has 0 aromatic carbocycles. The fourth-order valence-electron chi connectivity index (χ4n) is 2.36. The first-order valence-corrected chi connectivity index (χ1v) is 7.44. The molecule has 1 unspecified atom stereocenters. The molecule has 7 nitrogen and oxygen atoms in total. The Kier molecular flexibility index (Phi) is 4.95. The van der Waals surface area contributed by atoms with E-state index in [-0.39, 0.29) is 24.4 Å². The smallest absolute Gasteiger partial charge is 0.322 e. The van der Waals surface area contributed by atoms with Crippen molar-refractivity contribution in [3.05, 3.63) is 5.89 Å². The van der Waals surface area contributed by atoms with Crippen molar-refractivity contribution in [3.8, 4) is 0 Å². The van der Waals surface area contributed by atoms with Gasteiger partial charge in [0, 0.05) is 12.5 Å². The number of likely N-dealkylation sites (tertiary alicyclic amines) is 1. The van der Waals surface area contributed by atoms with Crippen LogP contribution in [0.3, 0.4) is 0 Å². The normalized spacial score (nSPS) is 24.0. The molecule has 2 N–H and O–H groups in total. The third-order valence-electron chi connectivity index (χ3n) is 3.70. The van der Waals surface area contributed by atoms with Crippen LogP contribution in [-0.2, 0) is 4.79 Å². The maximum Gasteiger partial charge on any atom is 0.322 e. The average molecular weight is 296 g/mol. The van der Waals surface area contributed by atoms with Gasteiger partial charge in [0.1, 0.15) is 0 Å². The molecule has 2 rings (SSSR count). The lowest BCUT2D eigenvalue weighted by Gasteiger charge is -2.21. The molecule has 118 valence electrons. The summed E-state index contributed by atoms with van der Waals surface area (Å²) in [6.45, 7) is 7.54. The van der Waals surface area contributed by atoms with Gasteiger partial charge in [0.25, 0.3) is 0 Å². The van der Waals surface area contributed by atoms with E-state index in [2.05, 4.69) is 15.5 Å². The first-order chi connectivity index (χ1) is 9.85. The highest BCUT2D eigenvalue weighted by atomic mass is 16.4. The number of hydrogen-bond donors (Lipinski definition) is 2. The molecule has 1 aliphatic rings. The van der Waals surface area contributed by atoms with Crippen LogP contribution in [0, 0.1) is 0 Å². The molecule has 0 spiro atoms. The molecule has 0 radical (unpaired) electrons. The van der Waals surface area contributed by atoms with Gasteiger partial charge in [-0.2, -0.15) is 0 Å². The third-order valence-corrected chi connectivity index (χ3v) is 3.70. The van der Waals surface area contributed by atoms with Gasteiger partial charge in [0.2, 0.25) is 11.8 Å². The minimum absolute atomic E-state index is 0.135. The third kappa shape index (κ3) is 4.78. The number of rotatable bonds is 4. The molecule has 0 saturated carbocycles. The quantitative estimate of drug-likeness (QED) is 0.872. The maximum atomic E-state index is 12.0. The van der Waals surface area contributed by atoms with Crippen molar-refractivity contribution >= 4 is 11.9 Å². The van der Waals surface area contributed by atoms with Crippen LogP contribution >= 0.6 is 0 Å². The Morgan fingerprint density at radius 1 is 1.43 bits per heavy atom. The first-order valence-electron chi connectivity index (χ1n) is 7.44. The summed E-state index contributed by atoms with van der Waals surface area (Å²) >= 11 is 0. The molecular weight excluding hydrogens is 272 g/mol. The van der Waals surface area contributed by atoms with Crippen LogP contribution < -0.4 is 5.32 Å². The second-order valence-electron chi connectivity index (χ2n) is 6.27. The van der Waals surface area contributed by atoms with E-state index in [1.54, 1.807) is 0 Å². The summed E-state index contributed by atoms with van der Waals surface area (Å²) < 4.78 is 5.35. The van der Waals surface area contributed by atoms with Crippen LogP contribution in [0.2, 0.25) is 0 Å². The zero-order valence-corrected chi connectivity index (χ0v) is 12.9. The number of hydrogen-bond acceptors (Lipinski definition) is 6. The Morgan fingerprint density at radius 3 is 2.86 bits per heavy atom. The zero-order valence-electron chi connectivity index (χ0n) is 12.9. The van der Waals surface area contributed by atoms with Crippen LogP contribution in [-0.4, -0.2) is 51.3 Å². The highest BCUT2D eigenvalue weighted by molar-refractivity contribution is 5.90. The lowest BCUT2D eigenvalue weighted by molar-refractivity contribution is -0.117. The molecule has 0 aliphatic carbocycles. The van der Waals surface area contributed by atoms with Crippen molar-refractivity contribution in [2.45, 2.75) is 51.6 Å². The van der Waals surface area contributed by atoms with E-state index in [0.29, 0.717) is 18.9 Å². The van der Waals surface area contributed by atoms with E-state index in [1.807, 2.05) is 25.7 Å². The van der Waals surface area contributed by atoms with Gasteiger partial charge in [-0.25, -0.2) is 0 Å². The molecule has 1 fully saturated rings. The summed E-state index contributed by atoms with van der Waals surface area (Å²) in [5.74, 6) is 0.475. The number of nitrogens with one attached hydrogen (secondary N) is 1. The van der Waals surface area contributed by atoms with Gasteiger partial charge in [-0.15, -0.1) is 5.10 Å². The molecule has 0 bridgehead atoms. The van der Waals surface area contributed by atoms with Crippen LogP contribution in [0.15, 0.2) is 4.42 Å². The highest BCUT2D eigenvalue weighted by Crippen LogP contribution is 2.21. The minimum Gasteiger partial charge on any atom is -0.408 e. The summed E-state index contributed by atoms with van der Waals surface area (Å²) in [6, 6.07) is 0.144. The fourth-order valence-corrected chi connectivity index (χ4v) is 2.36. The van der Waals surface area contributed by atoms with Gasteiger partial charge < -0.3 is 9.52 Å². The van der Waals surface area contributed by atoms with Crippen molar-refractivity contribution in [2.75, 3.05) is 25.0 Å². The van der Waals surface area contributed by atoms with Crippen LogP contribution in [0.5, 0.6) is 0 Å². The van der Waals surface area contributed by atoms with Crippen molar-refractivity contribution in [2.24, 2.45) is 0 Å². The number of amides is 1. The second-order valence-corrected chi connectivity index (χ2v) is 6.27. The fraction of sp³-hybridized carbons (Fsp3) is 0.786. The summed E-state index contributed by atoms with van der Waals surface area (Å²) in [6.07, 6.45) is 2.34. The van der Waals surface area contributed by atoms with E-state index in [4.69, 9.17) is 4.42 Å². The van der Waals surface area contributed by atoms with Gasteiger partial charge in [-0.05, 0) is 32.7 Å².